The van der Waals surface area contributed by atoms with E-state index in [0.717, 1.165) is 0 Å². The number of ether oxygens (including phenoxy) is 1. The third-order valence-corrected chi connectivity index (χ3v) is 4.29. The molecule has 1 N–H and O–H groups in total. The highest BCUT2D eigenvalue weighted by molar-refractivity contribution is 8.00. The van der Waals surface area contributed by atoms with E-state index in [1.54, 1.807) is 11.8 Å². The summed E-state index contributed by atoms with van der Waals surface area (Å²) in [5, 5.41) is 2.96. The van der Waals surface area contributed by atoms with Gasteiger partial charge in [-0.15, -0.1) is 11.8 Å². The lowest BCUT2D eigenvalue weighted by Crippen LogP contribution is -2.57. The average molecular weight is 316 g/mol. The molecule has 1 heterocycles. The molecule has 1 fully saturated rings. The van der Waals surface area contributed by atoms with Crippen LogP contribution in [-0.4, -0.2) is 44.7 Å². The van der Waals surface area contributed by atoms with Gasteiger partial charge in [-0.2, -0.15) is 0 Å². The van der Waals surface area contributed by atoms with Gasteiger partial charge in [0.05, 0.1) is 5.88 Å². The van der Waals surface area contributed by atoms with Crippen LogP contribution < -0.4 is 5.32 Å². The average Bonchev–Trinajstić information content (AvgIpc) is 2.48. The molecule has 0 aromatic heterocycles. The molecule has 21 heavy (non-hydrogen) atoms. The van der Waals surface area contributed by atoms with Crippen LogP contribution >= 0.6 is 11.8 Å². The lowest BCUT2D eigenvalue weighted by Gasteiger charge is -2.34. The number of nitrogens with zero attached hydrogens (tertiary/aromatic N) is 1. The highest BCUT2D eigenvalue weighted by atomic mass is 32.2. The van der Waals surface area contributed by atoms with Gasteiger partial charge in [0.1, 0.15) is 11.6 Å². The topological polar surface area (TPSA) is 58.6 Å². The first-order valence-corrected chi connectivity index (χ1v) is 8.17. The molecule has 0 radical (unpaired) electrons. The molecule has 5 nitrogen and oxygen atoms in total. The molecule has 1 aliphatic rings. The second-order valence-electron chi connectivity index (χ2n) is 7.97. The van der Waals surface area contributed by atoms with Gasteiger partial charge in [0.15, 0.2) is 0 Å². The van der Waals surface area contributed by atoms with E-state index in [-0.39, 0.29) is 16.2 Å². The lowest BCUT2D eigenvalue weighted by molar-refractivity contribution is -0.128. The summed E-state index contributed by atoms with van der Waals surface area (Å²) in [6.07, 6.45) is -0.436. The van der Waals surface area contributed by atoms with E-state index in [9.17, 15) is 9.59 Å². The minimum atomic E-state index is -0.570. The van der Waals surface area contributed by atoms with Crippen LogP contribution in [0.15, 0.2) is 0 Å². The van der Waals surface area contributed by atoms with Crippen molar-refractivity contribution in [2.45, 2.75) is 77.3 Å². The Labute approximate surface area is 132 Å². The van der Waals surface area contributed by atoms with Crippen molar-refractivity contribution in [2.24, 2.45) is 0 Å². The van der Waals surface area contributed by atoms with Crippen molar-refractivity contribution in [3.63, 3.8) is 0 Å². The van der Waals surface area contributed by atoms with Crippen molar-refractivity contribution in [3.05, 3.63) is 0 Å². The smallest absolute Gasteiger partial charge is 0.411 e. The van der Waals surface area contributed by atoms with E-state index in [1.165, 1.54) is 4.90 Å². The predicted molar refractivity (Wildman–Crippen MR) is 86.3 cm³/mol. The zero-order chi connectivity index (χ0) is 16.6. The molecule has 1 aliphatic heterocycles. The first-order valence-electron chi connectivity index (χ1n) is 7.18. The Hall–Kier alpha value is -0.910. The molecular formula is C15H28N2O3S. The maximum absolute atomic E-state index is 12.6. The summed E-state index contributed by atoms with van der Waals surface area (Å²) in [5.41, 5.74) is -0.903. The maximum atomic E-state index is 12.6. The van der Waals surface area contributed by atoms with Gasteiger partial charge in [-0.1, -0.05) is 0 Å². The summed E-state index contributed by atoms with van der Waals surface area (Å²) in [7, 11) is 0. The largest absolute Gasteiger partial charge is 0.444 e. The van der Waals surface area contributed by atoms with E-state index in [0.29, 0.717) is 5.88 Å². The summed E-state index contributed by atoms with van der Waals surface area (Å²) in [6.45, 7) is 15.2. The molecule has 0 aromatic rings. The van der Waals surface area contributed by atoms with Gasteiger partial charge in [0, 0.05) is 10.3 Å². The summed E-state index contributed by atoms with van der Waals surface area (Å²) < 4.78 is 5.08. The first-order chi connectivity index (χ1) is 9.23. The highest BCUT2D eigenvalue weighted by Gasteiger charge is 2.49. The molecule has 0 unspecified atom stereocenters. The standard InChI is InChI=1S/C15H28N2O3S/c1-13(2,3)16-11(18)10-15(7,8)21-9-17(10)12(19)20-14(4,5)6/h10H,9H2,1-8H3,(H,16,18)/t10-/m0/s1. The molecule has 0 bridgehead atoms. The van der Waals surface area contributed by atoms with E-state index >= 15 is 0 Å². The third kappa shape index (κ3) is 5.09. The van der Waals surface area contributed by atoms with E-state index < -0.39 is 17.7 Å². The number of hydrogen-bond acceptors (Lipinski definition) is 4. The van der Waals surface area contributed by atoms with Crippen LogP contribution in [0.2, 0.25) is 0 Å². The number of carbonyl (C=O) groups is 2. The highest BCUT2D eigenvalue weighted by Crippen LogP contribution is 2.40. The van der Waals surface area contributed by atoms with Gasteiger partial charge in [0.2, 0.25) is 5.91 Å². The first kappa shape index (κ1) is 18.1. The second kappa shape index (κ2) is 5.71. The molecule has 1 rings (SSSR count). The van der Waals surface area contributed by atoms with Gasteiger partial charge in [-0.05, 0) is 55.4 Å². The second-order valence-corrected chi connectivity index (χ2v) is 9.57. The Bertz CT molecular complexity index is 422. The van der Waals surface area contributed by atoms with Gasteiger partial charge in [-0.3, -0.25) is 9.69 Å². The molecule has 0 saturated carbocycles. The fourth-order valence-electron chi connectivity index (χ4n) is 2.14. The van der Waals surface area contributed by atoms with Gasteiger partial charge >= 0.3 is 6.09 Å². The third-order valence-electron chi connectivity index (χ3n) is 2.92. The Morgan fingerprint density at radius 3 is 2.14 bits per heavy atom. The maximum Gasteiger partial charge on any atom is 0.411 e. The van der Waals surface area contributed by atoms with E-state index in [1.807, 2.05) is 55.4 Å². The minimum Gasteiger partial charge on any atom is -0.444 e. The zero-order valence-corrected chi connectivity index (χ0v) is 15.2. The minimum absolute atomic E-state index is 0.136. The van der Waals surface area contributed by atoms with Crippen LogP contribution in [0.5, 0.6) is 0 Å². The molecule has 6 heteroatoms. The molecular weight excluding hydrogens is 288 g/mol. The van der Waals surface area contributed by atoms with Gasteiger partial charge in [-0.25, -0.2) is 4.79 Å². The quantitative estimate of drug-likeness (QED) is 0.808. The monoisotopic (exact) mass is 316 g/mol. The summed E-state index contributed by atoms with van der Waals surface area (Å²) >= 11 is 1.59. The summed E-state index contributed by atoms with van der Waals surface area (Å²) in [6, 6.07) is -0.531. The fraction of sp³-hybridized carbons (Fsp3) is 0.867. The van der Waals surface area contributed by atoms with Crippen molar-refractivity contribution in [1.82, 2.24) is 10.2 Å². The van der Waals surface area contributed by atoms with Crippen molar-refractivity contribution in [1.29, 1.82) is 0 Å². The molecule has 0 spiro atoms. The van der Waals surface area contributed by atoms with Crippen LogP contribution in [0.25, 0.3) is 0 Å². The van der Waals surface area contributed by atoms with E-state index in [4.69, 9.17) is 4.74 Å². The number of rotatable bonds is 1. The molecule has 0 aromatic carbocycles. The Kier molecular flexibility index (Phi) is 4.93. The Morgan fingerprint density at radius 1 is 1.19 bits per heavy atom. The molecule has 1 atom stereocenters. The molecule has 0 aliphatic carbocycles. The zero-order valence-electron chi connectivity index (χ0n) is 14.4. The van der Waals surface area contributed by atoms with Gasteiger partial charge < -0.3 is 10.1 Å². The fourth-order valence-corrected chi connectivity index (χ4v) is 3.26. The molecule has 1 saturated heterocycles. The van der Waals surface area contributed by atoms with Crippen molar-refractivity contribution in [2.75, 3.05) is 5.88 Å². The number of hydrogen-bond donors (Lipinski definition) is 1. The number of amides is 2. The van der Waals surface area contributed by atoms with Crippen LogP contribution in [0.4, 0.5) is 4.79 Å². The van der Waals surface area contributed by atoms with Crippen molar-refractivity contribution >= 4 is 23.8 Å². The van der Waals surface area contributed by atoms with Crippen LogP contribution in [0.3, 0.4) is 0 Å². The lowest BCUT2D eigenvalue weighted by atomic mass is 9.99. The molecule has 122 valence electrons. The normalized spacial score (nSPS) is 22.1. The number of carbonyl (C=O) groups excluding carboxylic acids is 2. The van der Waals surface area contributed by atoms with Crippen LogP contribution in [-0.2, 0) is 9.53 Å². The van der Waals surface area contributed by atoms with Gasteiger partial charge in [0.25, 0.3) is 0 Å². The Morgan fingerprint density at radius 2 is 1.71 bits per heavy atom. The SMILES string of the molecule is CC(C)(C)NC(=O)[C@@H]1N(C(=O)OC(C)(C)C)CSC1(C)C. The van der Waals surface area contributed by atoms with E-state index in [2.05, 4.69) is 5.32 Å². The van der Waals surface area contributed by atoms with Crippen molar-refractivity contribution in [3.8, 4) is 0 Å². The number of nitrogens with one attached hydrogen (secondary N) is 1. The van der Waals surface area contributed by atoms with Crippen LogP contribution in [0.1, 0.15) is 55.4 Å². The summed E-state index contributed by atoms with van der Waals surface area (Å²) in [5.74, 6) is 0.327. The van der Waals surface area contributed by atoms with Crippen LogP contribution in [0, 0.1) is 0 Å². The summed E-state index contributed by atoms with van der Waals surface area (Å²) in [4.78, 5) is 26.4. The predicted octanol–water partition coefficient (Wildman–Crippen LogP) is 2.99. The number of thioether (sulfide) groups is 1. The van der Waals surface area contributed by atoms with Crippen molar-refractivity contribution < 1.29 is 14.3 Å². The Balaban J connectivity index is 2.94. The molecule has 2 amide bonds.